The average molecular weight is 361 g/mol. The lowest BCUT2D eigenvalue weighted by Crippen LogP contribution is -2.50. The minimum Gasteiger partial charge on any atom is -0.508 e. The summed E-state index contributed by atoms with van der Waals surface area (Å²) in [5, 5.41) is 10.3. The summed E-state index contributed by atoms with van der Waals surface area (Å²) in [6.07, 6.45) is 1.73. The quantitative estimate of drug-likeness (QED) is 0.761. The highest BCUT2D eigenvalue weighted by atomic mass is 16.3. The van der Waals surface area contributed by atoms with Gasteiger partial charge in [0, 0.05) is 48.9 Å². The van der Waals surface area contributed by atoms with Crippen LogP contribution in [-0.2, 0) is 0 Å². The Balaban J connectivity index is 1.42. The van der Waals surface area contributed by atoms with Crippen molar-refractivity contribution in [1.82, 2.24) is 14.8 Å². The Bertz CT molecular complexity index is 993. The minimum absolute atomic E-state index is 0.0301. The van der Waals surface area contributed by atoms with Crippen LogP contribution in [0, 0.1) is 0 Å². The van der Waals surface area contributed by atoms with Crippen LogP contribution in [0.2, 0.25) is 0 Å². The number of pyridine rings is 1. The second-order valence-electron chi connectivity index (χ2n) is 6.54. The summed E-state index contributed by atoms with van der Waals surface area (Å²) in [7, 11) is 0. The van der Waals surface area contributed by atoms with Gasteiger partial charge in [-0.15, -0.1) is 0 Å². The fourth-order valence-corrected chi connectivity index (χ4v) is 3.29. The summed E-state index contributed by atoms with van der Waals surface area (Å²) in [6.45, 7) is 1.96. The predicted molar refractivity (Wildman–Crippen MR) is 102 cm³/mol. The first kappa shape index (κ1) is 17.0. The maximum absolute atomic E-state index is 12.8. The van der Waals surface area contributed by atoms with E-state index >= 15 is 0 Å². The summed E-state index contributed by atoms with van der Waals surface area (Å²) in [5.41, 5.74) is 2.03. The number of carbonyl (C=O) groups excluding carboxylic acids is 2. The monoisotopic (exact) mass is 361 g/mol. The normalized spacial score (nSPS) is 14.4. The molecule has 0 aliphatic carbocycles. The van der Waals surface area contributed by atoms with Gasteiger partial charge in [0.1, 0.15) is 5.75 Å². The molecular weight excluding hydrogens is 342 g/mol. The van der Waals surface area contributed by atoms with Crippen LogP contribution < -0.4 is 0 Å². The predicted octanol–water partition coefficient (Wildman–Crippen LogP) is 2.54. The third-order valence-corrected chi connectivity index (χ3v) is 4.82. The number of hydrogen-bond donors (Lipinski definition) is 1. The first-order chi connectivity index (χ1) is 13.1. The SMILES string of the molecule is O=C(c1ccc(O)cc1)N1CCN(C(=O)c2ccc3ncccc3c2)CC1. The summed E-state index contributed by atoms with van der Waals surface area (Å²) in [6, 6.07) is 15.5. The highest BCUT2D eigenvalue weighted by Crippen LogP contribution is 2.17. The molecular formula is C21H19N3O3. The summed E-state index contributed by atoms with van der Waals surface area (Å²) in [4.78, 5) is 33.1. The maximum Gasteiger partial charge on any atom is 0.253 e. The molecule has 1 saturated heterocycles. The van der Waals surface area contributed by atoms with Crippen LogP contribution in [0.15, 0.2) is 60.8 Å². The van der Waals surface area contributed by atoms with Crippen LogP contribution in [0.5, 0.6) is 5.75 Å². The van der Waals surface area contributed by atoms with E-state index in [1.54, 1.807) is 34.2 Å². The molecule has 1 aliphatic heterocycles. The Morgan fingerprint density at radius 2 is 1.41 bits per heavy atom. The van der Waals surface area contributed by atoms with E-state index in [4.69, 9.17) is 0 Å². The summed E-state index contributed by atoms with van der Waals surface area (Å²) < 4.78 is 0. The molecule has 1 aliphatic rings. The number of phenolic OH excluding ortho intramolecular Hbond substituents is 1. The molecule has 2 aromatic carbocycles. The molecule has 0 radical (unpaired) electrons. The summed E-state index contributed by atoms with van der Waals surface area (Å²) in [5.74, 6) is 0.0175. The molecule has 1 N–H and O–H groups in total. The Hall–Kier alpha value is -3.41. The topological polar surface area (TPSA) is 73.7 Å². The number of hydrogen-bond acceptors (Lipinski definition) is 4. The Morgan fingerprint density at radius 1 is 0.815 bits per heavy atom. The van der Waals surface area contributed by atoms with E-state index in [1.807, 2.05) is 24.3 Å². The van der Waals surface area contributed by atoms with Gasteiger partial charge in [-0.05, 0) is 48.5 Å². The van der Waals surface area contributed by atoms with E-state index in [0.717, 1.165) is 10.9 Å². The standard InChI is InChI=1S/C21H19N3O3/c25-18-6-3-15(4-7-18)20(26)23-10-12-24(13-11-23)21(27)17-5-8-19-16(14-17)2-1-9-22-19/h1-9,14,25H,10-13H2. The lowest BCUT2D eigenvalue weighted by molar-refractivity contribution is 0.0535. The molecule has 6 heteroatoms. The van der Waals surface area contributed by atoms with Gasteiger partial charge in [0.05, 0.1) is 5.52 Å². The van der Waals surface area contributed by atoms with Crippen molar-refractivity contribution < 1.29 is 14.7 Å². The number of nitrogens with zero attached hydrogens (tertiary/aromatic N) is 3. The number of carbonyl (C=O) groups is 2. The smallest absolute Gasteiger partial charge is 0.253 e. The summed E-state index contributed by atoms with van der Waals surface area (Å²) >= 11 is 0. The molecule has 0 unspecified atom stereocenters. The van der Waals surface area contributed by atoms with E-state index in [0.29, 0.717) is 37.3 Å². The van der Waals surface area contributed by atoms with E-state index in [2.05, 4.69) is 4.98 Å². The molecule has 4 rings (SSSR count). The minimum atomic E-state index is -0.0844. The first-order valence-electron chi connectivity index (χ1n) is 8.84. The van der Waals surface area contributed by atoms with Crippen LogP contribution in [0.4, 0.5) is 0 Å². The van der Waals surface area contributed by atoms with Gasteiger partial charge in [0.15, 0.2) is 0 Å². The Kier molecular flexibility index (Phi) is 4.46. The van der Waals surface area contributed by atoms with Gasteiger partial charge < -0.3 is 14.9 Å². The Labute approximate surface area is 156 Å². The van der Waals surface area contributed by atoms with Crippen LogP contribution >= 0.6 is 0 Å². The third-order valence-electron chi connectivity index (χ3n) is 4.82. The van der Waals surface area contributed by atoms with Crippen molar-refractivity contribution >= 4 is 22.7 Å². The zero-order valence-corrected chi connectivity index (χ0v) is 14.7. The number of benzene rings is 2. The van der Waals surface area contributed by atoms with Crippen molar-refractivity contribution in [3.63, 3.8) is 0 Å². The maximum atomic E-state index is 12.8. The molecule has 6 nitrogen and oxygen atoms in total. The first-order valence-corrected chi connectivity index (χ1v) is 8.84. The van der Waals surface area contributed by atoms with Crippen LogP contribution in [0.25, 0.3) is 10.9 Å². The molecule has 0 atom stereocenters. The second kappa shape index (κ2) is 7.07. The van der Waals surface area contributed by atoms with Crippen molar-refractivity contribution in [2.45, 2.75) is 0 Å². The Morgan fingerprint density at radius 3 is 2.07 bits per heavy atom. The zero-order valence-electron chi connectivity index (χ0n) is 14.7. The van der Waals surface area contributed by atoms with Crippen molar-refractivity contribution in [2.75, 3.05) is 26.2 Å². The highest BCUT2D eigenvalue weighted by Gasteiger charge is 2.25. The van der Waals surface area contributed by atoms with E-state index in [9.17, 15) is 14.7 Å². The van der Waals surface area contributed by atoms with Crippen LogP contribution in [0.1, 0.15) is 20.7 Å². The van der Waals surface area contributed by atoms with Crippen LogP contribution in [0.3, 0.4) is 0 Å². The molecule has 0 saturated carbocycles. The molecule has 2 amide bonds. The second-order valence-corrected chi connectivity index (χ2v) is 6.54. The van der Waals surface area contributed by atoms with E-state index in [-0.39, 0.29) is 17.6 Å². The van der Waals surface area contributed by atoms with E-state index < -0.39 is 0 Å². The fourth-order valence-electron chi connectivity index (χ4n) is 3.29. The largest absolute Gasteiger partial charge is 0.508 e. The van der Waals surface area contributed by atoms with Gasteiger partial charge in [-0.3, -0.25) is 14.6 Å². The number of aromatic hydroxyl groups is 1. The molecule has 1 fully saturated rings. The fraction of sp³-hybridized carbons (Fsp3) is 0.190. The number of fused-ring (bicyclic) bond motifs is 1. The van der Waals surface area contributed by atoms with Gasteiger partial charge >= 0.3 is 0 Å². The van der Waals surface area contributed by atoms with E-state index in [1.165, 1.54) is 12.1 Å². The lowest BCUT2D eigenvalue weighted by atomic mass is 10.1. The number of rotatable bonds is 2. The molecule has 136 valence electrons. The zero-order chi connectivity index (χ0) is 18.8. The van der Waals surface area contributed by atoms with Crippen molar-refractivity contribution in [1.29, 1.82) is 0 Å². The van der Waals surface area contributed by atoms with Gasteiger partial charge in [-0.25, -0.2) is 0 Å². The number of amides is 2. The molecule has 2 heterocycles. The van der Waals surface area contributed by atoms with Gasteiger partial charge in [-0.1, -0.05) is 6.07 Å². The highest BCUT2D eigenvalue weighted by molar-refractivity contribution is 5.98. The number of aromatic nitrogens is 1. The average Bonchev–Trinajstić information content (AvgIpc) is 2.73. The van der Waals surface area contributed by atoms with Crippen LogP contribution in [-0.4, -0.2) is 57.9 Å². The molecule has 3 aromatic rings. The van der Waals surface area contributed by atoms with Crippen molar-refractivity contribution in [3.8, 4) is 5.75 Å². The lowest BCUT2D eigenvalue weighted by Gasteiger charge is -2.35. The number of phenols is 1. The molecule has 27 heavy (non-hydrogen) atoms. The number of piperazine rings is 1. The van der Waals surface area contributed by atoms with Gasteiger partial charge in [-0.2, -0.15) is 0 Å². The molecule has 0 spiro atoms. The molecule has 0 bridgehead atoms. The van der Waals surface area contributed by atoms with Gasteiger partial charge in [0.25, 0.3) is 11.8 Å². The van der Waals surface area contributed by atoms with Crippen molar-refractivity contribution in [3.05, 3.63) is 71.9 Å². The van der Waals surface area contributed by atoms with Gasteiger partial charge in [0.2, 0.25) is 0 Å². The molecule has 1 aromatic heterocycles. The third kappa shape index (κ3) is 3.46. The van der Waals surface area contributed by atoms with Crippen molar-refractivity contribution in [2.24, 2.45) is 0 Å².